The Bertz CT molecular complexity index is 794. The summed E-state index contributed by atoms with van der Waals surface area (Å²) in [6, 6.07) is 16.5. The normalized spacial score (nSPS) is 11.1. The van der Waals surface area contributed by atoms with E-state index in [2.05, 4.69) is 56.7 Å². The van der Waals surface area contributed by atoms with E-state index in [0.29, 0.717) is 0 Å². The fourth-order valence-corrected chi connectivity index (χ4v) is 2.47. The maximum absolute atomic E-state index is 4.77. The smallest absolute Gasteiger partial charge is 0.162 e. The Kier molecular flexibility index (Phi) is 4.53. The number of hydrogen-bond acceptors (Lipinski definition) is 3. The van der Waals surface area contributed by atoms with E-state index < -0.39 is 0 Å². The molecule has 0 unspecified atom stereocenters. The zero-order chi connectivity index (χ0) is 16.2. The monoisotopic (exact) mass is 307 g/mol. The topological polar surface area (TPSA) is 42.2 Å². The van der Waals surface area contributed by atoms with Crippen molar-refractivity contribution in [3.05, 3.63) is 54.1 Å². The molecule has 4 heteroatoms. The number of nitrogens with one attached hydrogen (secondary N) is 2. The molecule has 1 aromatic heterocycles. The Morgan fingerprint density at radius 1 is 0.957 bits per heavy atom. The average molecular weight is 307 g/mol. The summed E-state index contributed by atoms with van der Waals surface area (Å²) in [5, 5.41) is 4.54. The fourth-order valence-electron chi connectivity index (χ4n) is 2.47. The molecule has 0 aliphatic carbocycles. The molecule has 3 aromatic rings. The van der Waals surface area contributed by atoms with Gasteiger partial charge in [0, 0.05) is 10.9 Å². The Hall–Kier alpha value is -2.46. The summed E-state index contributed by atoms with van der Waals surface area (Å²) in [6.07, 6.45) is 0. The second kappa shape index (κ2) is 6.75. The van der Waals surface area contributed by atoms with Crippen molar-refractivity contribution in [1.82, 2.24) is 9.97 Å². The number of aryl methyl sites for hydroxylation is 1. The third kappa shape index (κ3) is 3.66. The van der Waals surface area contributed by atoms with Crippen LogP contribution in [0.4, 0.5) is 5.82 Å². The molecular weight excluding hydrogens is 284 g/mol. The van der Waals surface area contributed by atoms with Crippen molar-refractivity contribution in [3.8, 4) is 11.4 Å². The van der Waals surface area contributed by atoms with Crippen LogP contribution in [0.25, 0.3) is 22.3 Å². The molecule has 2 aromatic carbocycles. The molecule has 0 aliphatic rings. The van der Waals surface area contributed by atoms with Gasteiger partial charge < -0.3 is 10.2 Å². The summed E-state index contributed by atoms with van der Waals surface area (Å²) in [4.78, 5) is 10.9. The van der Waals surface area contributed by atoms with E-state index in [-0.39, 0.29) is 0 Å². The fraction of sp³-hybridized carbons (Fsp3) is 0.263. The van der Waals surface area contributed by atoms with Crippen LogP contribution in [-0.2, 0) is 0 Å². The van der Waals surface area contributed by atoms with Gasteiger partial charge in [0.2, 0.25) is 0 Å². The van der Waals surface area contributed by atoms with Gasteiger partial charge in [-0.25, -0.2) is 9.97 Å². The standard InChI is InChI=1S/C19H22N4/c1-14-8-10-15(11-9-14)18-21-17-7-5-4-6-16(17)19(22-18)20-12-13-23(2)3/h4-11H,12-13H2,1-3H3,(H,20,21,22)/p+1. The molecule has 0 atom stereocenters. The van der Waals surface area contributed by atoms with Crippen molar-refractivity contribution in [2.75, 3.05) is 32.5 Å². The summed E-state index contributed by atoms with van der Waals surface area (Å²) in [6.45, 7) is 4.01. The second-order valence-corrected chi connectivity index (χ2v) is 6.16. The molecule has 2 N–H and O–H groups in total. The molecule has 0 saturated heterocycles. The maximum Gasteiger partial charge on any atom is 0.162 e. The Morgan fingerprint density at radius 2 is 1.70 bits per heavy atom. The first kappa shape index (κ1) is 15.4. The number of likely N-dealkylation sites (N-methyl/N-ethyl adjacent to an activating group) is 1. The molecule has 0 saturated carbocycles. The number of benzene rings is 2. The summed E-state index contributed by atoms with van der Waals surface area (Å²) in [5.74, 6) is 1.68. The zero-order valence-corrected chi connectivity index (χ0v) is 13.9. The van der Waals surface area contributed by atoms with Crippen molar-refractivity contribution in [2.45, 2.75) is 6.92 Å². The van der Waals surface area contributed by atoms with Crippen LogP contribution in [-0.4, -0.2) is 37.2 Å². The van der Waals surface area contributed by atoms with Crippen molar-refractivity contribution >= 4 is 16.7 Å². The minimum absolute atomic E-state index is 0.767. The van der Waals surface area contributed by atoms with Gasteiger partial charge in [-0.15, -0.1) is 0 Å². The van der Waals surface area contributed by atoms with Gasteiger partial charge in [0.05, 0.1) is 32.7 Å². The summed E-state index contributed by atoms with van der Waals surface area (Å²) in [7, 11) is 4.30. The highest BCUT2D eigenvalue weighted by atomic mass is 15.1. The number of quaternary nitrogens is 1. The molecule has 118 valence electrons. The first-order valence-corrected chi connectivity index (χ1v) is 8.00. The van der Waals surface area contributed by atoms with E-state index in [0.717, 1.165) is 41.2 Å². The molecule has 1 heterocycles. The van der Waals surface area contributed by atoms with Crippen molar-refractivity contribution in [1.29, 1.82) is 0 Å². The van der Waals surface area contributed by atoms with Crippen LogP contribution in [0, 0.1) is 6.92 Å². The SMILES string of the molecule is Cc1ccc(-c2nc(NCC[NH+](C)C)c3ccccc3n2)cc1. The van der Waals surface area contributed by atoms with Crippen LogP contribution in [0.2, 0.25) is 0 Å². The molecule has 0 bridgehead atoms. The largest absolute Gasteiger partial charge is 0.364 e. The molecular formula is C19H23N4+. The van der Waals surface area contributed by atoms with Gasteiger partial charge in [-0.2, -0.15) is 0 Å². The molecule has 0 amide bonds. The lowest BCUT2D eigenvalue weighted by Gasteiger charge is -2.12. The lowest BCUT2D eigenvalue weighted by molar-refractivity contribution is -0.856. The van der Waals surface area contributed by atoms with Gasteiger partial charge in [-0.3, -0.25) is 0 Å². The number of anilines is 1. The molecule has 0 spiro atoms. The maximum atomic E-state index is 4.77. The van der Waals surface area contributed by atoms with Gasteiger partial charge in [-0.1, -0.05) is 42.0 Å². The Labute approximate surface area is 137 Å². The second-order valence-electron chi connectivity index (χ2n) is 6.16. The summed E-state index contributed by atoms with van der Waals surface area (Å²) >= 11 is 0. The van der Waals surface area contributed by atoms with Gasteiger partial charge in [0.1, 0.15) is 5.82 Å². The van der Waals surface area contributed by atoms with Gasteiger partial charge in [0.15, 0.2) is 5.82 Å². The van der Waals surface area contributed by atoms with Crippen molar-refractivity contribution in [2.24, 2.45) is 0 Å². The molecule has 0 aliphatic heterocycles. The minimum atomic E-state index is 0.767. The van der Waals surface area contributed by atoms with Crippen LogP contribution in [0.5, 0.6) is 0 Å². The van der Waals surface area contributed by atoms with Crippen LogP contribution >= 0.6 is 0 Å². The number of para-hydroxylation sites is 1. The highest BCUT2D eigenvalue weighted by Gasteiger charge is 2.09. The van der Waals surface area contributed by atoms with Gasteiger partial charge in [0.25, 0.3) is 0 Å². The van der Waals surface area contributed by atoms with Crippen molar-refractivity contribution < 1.29 is 4.90 Å². The van der Waals surface area contributed by atoms with Crippen LogP contribution in [0.1, 0.15) is 5.56 Å². The first-order valence-electron chi connectivity index (χ1n) is 8.00. The Balaban J connectivity index is 2.00. The first-order chi connectivity index (χ1) is 11.1. The number of aromatic nitrogens is 2. The Morgan fingerprint density at radius 3 is 2.43 bits per heavy atom. The molecule has 4 nitrogen and oxygen atoms in total. The van der Waals surface area contributed by atoms with Crippen LogP contribution < -0.4 is 10.2 Å². The predicted molar refractivity (Wildman–Crippen MR) is 95.9 cm³/mol. The number of fused-ring (bicyclic) bond motifs is 1. The highest BCUT2D eigenvalue weighted by molar-refractivity contribution is 5.90. The van der Waals surface area contributed by atoms with E-state index in [9.17, 15) is 0 Å². The van der Waals surface area contributed by atoms with Crippen LogP contribution in [0.3, 0.4) is 0 Å². The molecule has 0 fully saturated rings. The van der Waals surface area contributed by atoms with Crippen molar-refractivity contribution in [3.63, 3.8) is 0 Å². The third-order valence-corrected chi connectivity index (χ3v) is 3.83. The third-order valence-electron chi connectivity index (χ3n) is 3.83. The van der Waals surface area contributed by atoms with E-state index in [1.165, 1.54) is 10.5 Å². The van der Waals surface area contributed by atoms with Gasteiger partial charge in [-0.05, 0) is 19.1 Å². The highest BCUT2D eigenvalue weighted by Crippen LogP contribution is 2.24. The molecule has 3 rings (SSSR count). The average Bonchev–Trinajstić information content (AvgIpc) is 2.55. The van der Waals surface area contributed by atoms with E-state index in [1.54, 1.807) is 0 Å². The number of rotatable bonds is 5. The summed E-state index contributed by atoms with van der Waals surface area (Å²) < 4.78 is 0. The van der Waals surface area contributed by atoms with Crippen LogP contribution in [0.15, 0.2) is 48.5 Å². The predicted octanol–water partition coefficient (Wildman–Crippen LogP) is 2.16. The minimum Gasteiger partial charge on any atom is -0.364 e. The van der Waals surface area contributed by atoms with E-state index in [4.69, 9.17) is 9.97 Å². The van der Waals surface area contributed by atoms with Gasteiger partial charge >= 0.3 is 0 Å². The zero-order valence-electron chi connectivity index (χ0n) is 13.9. The quantitative estimate of drug-likeness (QED) is 0.759. The number of hydrogen-bond donors (Lipinski definition) is 2. The molecule has 0 radical (unpaired) electrons. The summed E-state index contributed by atoms with van der Waals surface area (Å²) in [5.41, 5.74) is 3.25. The van der Waals surface area contributed by atoms with E-state index >= 15 is 0 Å². The lowest BCUT2D eigenvalue weighted by atomic mass is 10.1. The molecule has 23 heavy (non-hydrogen) atoms. The number of nitrogens with zero attached hydrogens (tertiary/aromatic N) is 2. The lowest BCUT2D eigenvalue weighted by Crippen LogP contribution is -3.06. The van der Waals surface area contributed by atoms with E-state index in [1.807, 2.05) is 18.2 Å².